The Morgan fingerprint density at radius 3 is 3.20 bits per heavy atom. The second-order valence-corrected chi connectivity index (χ2v) is 5.32. The summed E-state index contributed by atoms with van der Waals surface area (Å²) in [6.07, 6.45) is 4.23. The van der Waals surface area contributed by atoms with Crippen LogP contribution in [0.4, 0.5) is 11.8 Å². The topological polar surface area (TPSA) is 108 Å². The number of hydrogen-bond acceptors (Lipinski definition) is 7. The number of aromatic nitrogens is 4. The lowest BCUT2D eigenvalue weighted by molar-refractivity contribution is 0.217. The molecule has 0 spiro atoms. The highest BCUT2D eigenvalue weighted by atomic mass is 15.3. The Morgan fingerprint density at radius 1 is 1.50 bits per heavy atom. The summed E-state index contributed by atoms with van der Waals surface area (Å²) in [5.74, 6) is 7.18. The third-order valence-electron chi connectivity index (χ3n) is 3.72. The van der Waals surface area contributed by atoms with E-state index in [1.807, 2.05) is 0 Å². The second kappa shape index (κ2) is 5.59. The lowest BCUT2D eigenvalue weighted by Crippen LogP contribution is -2.35. The number of aromatic amines is 1. The van der Waals surface area contributed by atoms with Gasteiger partial charge in [-0.1, -0.05) is 0 Å². The predicted octanol–water partition coefficient (Wildman–Crippen LogP) is 0.392. The molecule has 0 saturated carbocycles. The van der Waals surface area contributed by atoms with Gasteiger partial charge in [-0.15, -0.1) is 0 Å². The number of likely N-dealkylation sites (tertiary alicyclic amines) is 1. The Morgan fingerprint density at radius 2 is 2.40 bits per heavy atom. The van der Waals surface area contributed by atoms with Gasteiger partial charge < -0.3 is 10.2 Å². The largest absolute Gasteiger partial charge is 0.369 e. The van der Waals surface area contributed by atoms with Gasteiger partial charge in [0.25, 0.3) is 0 Å². The van der Waals surface area contributed by atoms with E-state index >= 15 is 0 Å². The number of nitrogens with zero attached hydrogens (tertiary/aromatic N) is 4. The van der Waals surface area contributed by atoms with Gasteiger partial charge >= 0.3 is 0 Å². The van der Waals surface area contributed by atoms with Crippen LogP contribution in [0.1, 0.15) is 12.8 Å². The Hall–Kier alpha value is -1.93. The molecule has 108 valence electrons. The van der Waals surface area contributed by atoms with Crippen LogP contribution in [0.3, 0.4) is 0 Å². The van der Waals surface area contributed by atoms with Gasteiger partial charge in [0.2, 0.25) is 5.95 Å². The Bertz CT molecular complexity index is 580. The molecule has 1 unspecified atom stereocenters. The highest BCUT2D eigenvalue weighted by molar-refractivity contribution is 5.86. The predicted molar refractivity (Wildman–Crippen MR) is 78.2 cm³/mol. The lowest BCUT2D eigenvalue weighted by Gasteiger charge is -2.29. The van der Waals surface area contributed by atoms with Crippen molar-refractivity contribution < 1.29 is 0 Å². The van der Waals surface area contributed by atoms with E-state index in [1.54, 1.807) is 6.20 Å². The maximum atomic E-state index is 5.39. The molecule has 0 aliphatic carbocycles. The van der Waals surface area contributed by atoms with Crippen molar-refractivity contribution in [2.24, 2.45) is 11.8 Å². The van der Waals surface area contributed by atoms with E-state index in [0.717, 1.165) is 24.3 Å². The molecule has 3 rings (SSSR count). The maximum Gasteiger partial charge on any atom is 0.241 e. The van der Waals surface area contributed by atoms with E-state index in [0.29, 0.717) is 17.5 Å². The molecule has 0 bridgehead atoms. The summed E-state index contributed by atoms with van der Waals surface area (Å²) in [7, 11) is 2.17. The van der Waals surface area contributed by atoms with E-state index in [9.17, 15) is 0 Å². The number of anilines is 2. The third kappa shape index (κ3) is 2.66. The van der Waals surface area contributed by atoms with Crippen molar-refractivity contribution in [1.29, 1.82) is 0 Å². The molecule has 1 aliphatic heterocycles. The minimum Gasteiger partial charge on any atom is -0.369 e. The van der Waals surface area contributed by atoms with E-state index in [-0.39, 0.29) is 0 Å². The first-order valence-electron chi connectivity index (χ1n) is 6.86. The second-order valence-electron chi connectivity index (χ2n) is 5.32. The van der Waals surface area contributed by atoms with Crippen molar-refractivity contribution in [2.45, 2.75) is 12.8 Å². The number of rotatable bonds is 4. The van der Waals surface area contributed by atoms with Crippen LogP contribution < -0.4 is 16.6 Å². The highest BCUT2D eigenvalue weighted by Crippen LogP contribution is 2.21. The third-order valence-corrected chi connectivity index (χ3v) is 3.72. The number of hydrazine groups is 1. The van der Waals surface area contributed by atoms with Crippen LogP contribution in [0, 0.1) is 5.92 Å². The minimum atomic E-state index is 0.380. The quantitative estimate of drug-likeness (QED) is 0.472. The molecule has 1 saturated heterocycles. The Balaban J connectivity index is 1.74. The molecule has 1 atom stereocenters. The molecule has 2 aromatic rings. The first-order chi connectivity index (χ1) is 9.76. The molecular formula is C12H20N8. The first-order valence-corrected chi connectivity index (χ1v) is 6.86. The van der Waals surface area contributed by atoms with Gasteiger partial charge in [-0.25, -0.2) is 5.84 Å². The number of hydrogen-bond donors (Lipinski definition) is 4. The fourth-order valence-electron chi connectivity index (χ4n) is 2.72. The average molecular weight is 276 g/mol. The zero-order valence-electron chi connectivity index (χ0n) is 11.6. The smallest absolute Gasteiger partial charge is 0.241 e. The number of nitrogens with one attached hydrogen (secondary N) is 3. The van der Waals surface area contributed by atoms with E-state index < -0.39 is 0 Å². The van der Waals surface area contributed by atoms with Crippen LogP contribution in [-0.2, 0) is 0 Å². The number of fused-ring (bicyclic) bond motifs is 1. The number of nitrogens with two attached hydrogens (primary N) is 1. The SMILES string of the molecule is CN1CCCC(CNc2nc(NN)nc3[nH]ncc23)C1. The van der Waals surface area contributed by atoms with Crippen LogP contribution in [0.15, 0.2) is 6.20 Å². The summed E-state index contributed by atoms with van der Waals surface area (Å²) in [5, 5.41) is 11.1. The number of nitrogen functional groups attached to an aromatic ring is 1. The Labute approximate surface area is 117 Å². The summed E-state index contributed by atoms with van der Waals surface area (Å²) in [5.41, 5.74) is 3.15. The highest BCUT2D eigenvalue weighted by Gasteiger charge is 2.18. The van der Waals surface area contributed by atoms with Gasteiger partial charge in [-0.3, -0.25) is 10.5 Å². The molecule has 8 heteroatoms. The van der Waals surface area contributed by atoms with Crippen LogP contribution in [0.25, 0.3) is 11.0 Å². The van der Waals surface area contributed by atoms with Crippen molar-refractivity contribution in [1.82, 2.24) is 25.1 Å². The number of H-pyrrole nitrogens is 1. The molecule has 3 heterocycles. The zero-order chi connectivity index (χ0) is 13.9. The first kappa shape index (κ1) is 13.1. The molecule has 0 amide bonds. The molecule has 0 radical (unpaired) electrons. The minimum absolute atomic E-state index is 0.380. The summed E-state index contributed by atoms with van der Waals surface area (Å²) < 4.78 is 0. The van der Waals surface area contributed by atoms with Gasteiger partial charge in [-0.2, -0.15) is 15.1 Å². The fraction of sp³-hybridized carbons (Fsp3) is 0.583. The van der Waals surface area contributed by atoms with Crippen molar-refractivity contribution in [3.8, 4) is 0 Å². The molecule has 5 N–H and O–H groups in total. The van der Waals surface area contributed by atoms with Crippen LogP contribution in [-0.4, -0.2) is 51.7 Å². The van der Waals surface area contributed by atoms with E-state index in [4.69, 9.17) is 5.84 Å². The van der Waals surface area contributed by atoms with Crippen molar-refractivity contribution in [3.63, 3.8) is 0 Å². The van der Waals surface area contributed by atoms with Crippen LogP contribution >= 0.6 is 0 Å². The molecule has 2 aromatic heterocycles. The molecule has 20 heavy (non-hydrogen) atoms. The summed E-state index contributed by atoms with van der Waals surface area (Å²) >= 11 is 0. The standard InChI is InChI=1S/C12H20N8/c1-20-4-2-3-8(7-20)5-14-10-9-6-15-19-11(9)17-12(16-10)18-13/h6,8H,2-5,7,13H2,1H3,(H3,14,15,16,17,18,19). The molecule has 1 aliphatic rings. The Kier molecular flexibility index (Phi) is 3.66. The summed E-state index contributed by atoms with van der Waals surface area (Å²) in [6, 6.07) is 0. The van der Waals surface area contributed by atoms with Gasteiger partial charge in [-0.05, 0) is 32.4 Å². The van der Waals surface area contributed by atoms with E-state index in [1.165, 1.54) is 19.4 Å². The van der Waals surface area contributed by atoms with Gasteiger partial charge in [0.1, 0.15) is 5.82 Å². The van der Waals surface area contributed by atoms with Crippen molar-refractivity contribution in [2.75, 3.05) is 37.4 Å². The fourth-order valence-corrected chi connectivity index (χ4v) is 2.72. The number of piperidine rings is 1. The van der Waals surface area contributed by atoms with Crippen molar-refractivity contribution in [3.05, 3.63) is 6.20 Å². The molecule has 8 nitrogen and oxygen atoms in total. The zero-order valence-corrected chi connectivity index (χ0v) is 11.6. The monoisotopic (exact) mass is 276 g/mol. The molecular weight excluding hydrogens is 256 g/mol. The molecule has 1 fully saturated rings. The van der Waals surface area contributed by atoms with Crippen LogP contribution in [0.5, 0.6) is 0 Å². The average Bonchev–Trinajstić information content (AvgIpc) is 2.93. The van der Waals surface area contributed by atoms with Crippen LogP contribution in [0.2, 0.25) is 0 Å². The molecule has 0 aromatic carbocycles. The van der Waals surface area contributed by atoms with Gasteiger partial charge in [0, 0.05) is 13.1 Å². The summed E-state index contributed by atoms with van der Waals surface area (Å²) in [4.78, 5) is 10.9. The van der Waals surface area contributed by atoms with Gasteiger partial charge in [0.05, 0.1) is 11.6 Å². The lowest BCUT2D eigenvalue weighted by atomic mass is 9.98. The normalized spacial score (nSPS) is 20.2. The van der Waals surface area contributed by atoms with Gasteiger partial charge in [0.15, 0.2) is 5.65 Å². The van der Waals surface area contributed by atoms with Crippen molar-refractivity contribution >= 4 is 22.8 Å². The van der Waals surface area contributed by atoms with E-state index in [2.05, 4.69) is 42.9 Å². The maximum absolute atomic E-state index is 5.39. The summed E-state index contributed by atoms with van der Waals surface area (Å²) in [6.45, 7) is 3.21.